The van der Waals surface area contributed by atoms with Crippen molar-refractivity contribution in [3.63, 3.8) is 0 Å². The highest BCUT2D eigenvalue weighted by Crippen LogP contribution is 2.51. The molecule has 7 heteroatoms. The van der Waals surface area contributed by atoms with Crippen LogP contribution in [0.1, 0.15) is 64.7 Å². The van der Waals surface area contributed by atoms with Crippen molar-refractivity contribution in [3.05, 3.63) is 41.2 Å². The molecule has 1 fully saturated rings. The first-order chi connectivity index (χ1) is 13.7. The second-order valence-electron chi connectivity index (χ2n) is 8.20. The van der Waals surface area contributed by atoms with Crippen LogP contribution in [-0.4, -0.2) is 11.8 Å². The summed E-state index contributed by atoms with van der Waals surface area (Å²) in [7, 11) is 0. The predicted molar refractivity (Wildman–Crippen MR) is 98.0 cm³/mol. The molecule has 0 heterocycles. The lowest BCUT2D eigenvalue weighted by Crippen LogP contribution is -2.47. The minimum absolute atomic E-state index is 0.0347. The number of rotatable bonds is 6. The topological polar surface area (TPSA) is 9.23 Å². The van der Waals surface area contributed by atoms with Crippen molar-refractivity contribution in [2.75, 3.05) is 0 Å². The molecule has 1 aromatic carbocycles. The van der Waals surface area contributed by atoms with Crippen LogP contribution in [0.15, 0.2) is 23.8 Å². The highest BCUT2D eigenvalue weighted by molar-refractivity contribution is 5.31. The standard InChI is InChI=1S/C22H26F6O/c1-2-5-14-7-9-15(10-8-14)21(26)11-4-3-6-19(21)22(27,28)29-16-12-17(23)20(25)18(24)13-16/h6,12-15H,2-5,7-11H2,1H3. The number of benzene rings is 1. The maximum Gasteiger partial charge on any atom is 0.425 e. The first-order valence-corrected chi connectivity index (χ1v) is 10.3. The highest BCUT2D eigenvalue weighted by atomic mass is 19.3. The van der Waals surface area contributed by atoms with Gasteiger partial charge >= 0.3 is 6.11 Å². The lowest BCUT2D eigenvalue weighted by molar-refractivity contribution is -0.164. The molecule has 1 nitrogen and oxygen atoms in total. The van der Waals surface area contributed by atoms with Gasteiger partial charge in [0, 0.05) is 12.1 Å². The third-order valence-corrected chi connectivity index (χ3v) is 6.25. The van der Waals surface area contributed by atoms with Crippen LogP contribution >= 0.6 is 0 Å². The van der Waals surface area contributed by atoms with Gasteiger partial charge in [-0.25, -0.2) is 17.6 Å². The Labute approximate surface area is 167 Å². The fourth-order valence-electron chi connectivity index (χ4n) is 4.81. The summed E-state index contributed by atoms with van der Waals surface area (Å²) in [6, 6.07) is 0.678. The molecular weight excluding hydrogens is 394 g/mol. The number of hydrogen-bond donors (Lipinski definition) is 0. The Kier molecular flexibility index (Phi) is 6.54. The molecular formula is C22H26F6O. The van der Waals surface area contributed by atoms with Gasteiger partial charge in [-0.1, -0.05) is 38.7 Å². The molecule has 0 aromatic heterocycles. The first kappa shape index (κ1) is 22.0. The monoisotopic (exact) mass is 420 g/mol. The fraction of sp³-hybridized carbons (Fsp3) is 0.636. The number of allylic oxidation sites excluding steroid dienone is 1. The van der Waals surface area contributed by atoms with Crippen molar-refractivity contribution in [3.8, 4) is 5.75 Å². The molecule has 1 atom stereocenters. The van der Waals surface area contributed by atoms with E-state index in [1.807, 2.05) is 0 Å². The minimum Gasteiger partial charge on any atom is -0.429 e. The van der Waals surface area contributed by atoms with Crippen molar-refractivity contribution >= 4 is 0 Å². The summed E-state index contributed by atoms with van der Waals surface area (Å²) >= 11 is 0. The van der Waals surface area contributed by atoms with Crippen LogP contribution in [0.5, 0.6) is 5.75 Å². The first-order valence-electron chi connectivity index (χ1n) is 10.3. The van der Waals surface area contributed by atoms with E-state index in [2.05, 4.69) is 11.7 Å². The van der Waals surface area contributed by atoms with E-state index in [0.717, 1.165) is 31.8 Å². The zero-order chi connectivity index (χ0) is 21.2. The molecule has 29 heavy (non-hydrogen) atoms. The number of alkyl halides is 3. The van der Waals surface area contributed by atoms with Gasteiger partial charge in [0.05, 0.1) is 5.57 Å². The lowest BCUT2D eigenvalue weighted by Gasteiger charge is -2.43. The van der Waals surface area contributed by atoms with E-state index in [1.54, 1.807) is 0 Å². The third kappa shape index (κ3) is 4.58. The minimum atomic E-state index is -4.09. The van der Waals surface area contributed by atoms with Crippen LogP contribution in [0.4, 0.5) is 26.3 Å². The summed E-state index contributed by atoms with van der Waals surface area (Å²) in [5.41, 5.74) is -3.00. The smallest absolute Gasteiger partial charge is 0.425 e. The second-order valence-corrected chi connectivity index (χ2v) is 8.20. The summed E-state index contributed by atoms with van der Waals surface area (Å²) in [5.74, 6) is -5.99. The van der Waals surface area contributed by atoms with Gasteiger partial charge in [0.2, 0.25) is 0 Å². The van der Waals surface area contributed by atoms with Gasteiger partial charge in [-0.2, -0.15) is 8.78 Å². The summed E-state index contributed by atoms with van der Waals surface area (Å²) in [6.45, 7) is 2.09. The molecule has 1 aromatic rings. The number of halogens is 6. The molecule has 162 valence electrons. The molecule has 0 spiro atoms. The van der Waals surface area contributed by atoms with Gasteiger partial charge in [0.15, 0.2) is 17.5 Å². The van der Waals surface area contributed by atoms with Crippen molar-refractivity contribution < 1.29 is 31.1 Å². The maximum atomic E-state index is 16.0. The molecule has 0 aliphatic heterocycles. The summed E-state index contributed by atoms with van der Waals surface area (Å²) in [6.07, 6.45) is 2.49. The molecule has 0 bridgehead atoms. The van der Waals surface area contributed by atoms with Gasteiger partial charge in [-0.3, -0.25) is 0 Å². The van der Waals surface area contributed by atoms with Crippen LogP contribution in [0.25, 0.3) is 0 Å². The van der Waals surface area contributed by atoms with E-state index >= 15 is 4.39 Å². The Morgan fingerprint density at radius 2 is 1.69 bits per heavy atom. The number of ether oxygens (including phenoxy) is 1. The molecule has 0 saturated heterocycles. The molecule has 1 unspecified atom stereocenters. The summed E-state index contributed by atoms with van der Waals surface area (Å²) < 4.78 is 90.2. The van der Waals surface area contributed by atoms with E-state index < -0.39 is 46.5 Å². The molecule has 1 saturated carbocycles. The van der Waals surface area contributed by atoms with E-state index in [-0.39, 0.29) is 12.8 Å². The zero-order valence-electron chi connectivity index (χ0n) is 16.4. The van der Waals surface area contributed by atoms with Crippen LogP contribution in [0.2, 0.25) is 0 Å². The molecule has 0 N–H and O–H groups in total. The normalized spacial score (nSPS) is 28.2. The second kappa shape index (κ2) is 8.60. The van der Waals surface area contributed by atoms with E-state index in [0.29, 0.717) is 37.3 Å². The van der Waals surface area contributed by atoms with Crippen LogP contribution in [0.3, 0.4) is 0 Å². The lowest BCUT2D eigenvalue weighted by atomic mass is 9.67. The van der Waals surface area contributed by atoms with Crippen molar-refractivity contribution in [2.24, 2.45) is 11.8 Å². The van der Waals surface area contributed by atoms with Crippen LogP contribution < -0.4 is 4.74 Å². The third-order valence-electron chi connectivity index (χ3n) is 6.25. The van der Waals surface area contributed by atoms with E-state index in [1.165, 1.54) is 0 Å². The van der Waals surface area contributed by atoms with Crippen LogP contribution in [-0.2, 0) is 0 Å². The average molecular weight is 420 g/mol. The molecule has 0 radical (unpaired) electrons. The summed E-state index contributed by atoms with van der Waals surface area (Å²) in [5, 5.41) is 0. The largest absolute Gasteiger partial charge is 0.429 e. The predicted octanol–water partition coefficient (Wildman–Crippen LogP) is 7.50. The van der Waals surface area contributed by atoms with E-state index in [4.69, 9.17) is 0 Å². The summed E-state index contributed by atoms with van der Waals surface area (Å²) in [4.78, 5) is 0. The Morgan fingerprint density at radius 3 is 2.28 bits per heavy atom. The zero-order valence-corrected chi connectivity index (χ0v) is 16.4. The average Bonchev–Trinajstić information content (AvgIpc) is 2.66. The van der Waals surface area contributed by atoms with Gasteiger partial charge in [-0.15, -0.1) is 0 Å². The molecule has 2 aliphatic rings. The SMILES string of the molecule is CCCC1CCC(C2(F)CCCC=C2C(F)(F)Oc2cc(F)c(F)c(F)c2)CC1. The highest BCUT2D eigenvalue weighted by Gasteiger charge is 2.55. The molecule has 2 aliphatic carbocycles. The molecule has 3 rings (SSSR count). The van der Waals surface area contributed by atoms with Crippen molar-refractivity contribution in [2.45, 2.75) is 76.5 Å². The molecule has 0 amide bonds. The Balaban J connectivity index is 1.82. The van der Waals surface area contributed by atoms with Gasteiger partial charge in [0.25, 0.3) is 0 Å². The Hall–Kier alpha value is -1.66. The fourth-order valence-corrected chi connectivity index (χ4v) is 4.81. The van der Waals surface area contributed by atoms with Gasteiger partial charge < -0.3 is 4.74 Å². The Morgan fingerprint density at radius 1 is 1.07 bits per heavy atom. The maximum absolute atomic E-state index is 16.0. The van der Waals surface area contributed by atoms with Gasteiger partial charge in [0.1, 0.15) is 11.4 Å². The van der Waals surface area contributed by atoms with Crippen molar-refractivity contribution in [1.29, 1.82) is 0 Å². The number of hydrogen-bond acceptors (Lipinski definition) is 1. The van der Waals surface area contributed by atoms with E-state index in [9.17, 15) is 22.0 Å². The Bertz CT molecular complexity index is 731. The van der Waals surface area contributed by atoms with Crippen LogP contribution in [0, 0.1) is 29.3 Å². The quantitative estimate of drug-likeness (QED) is 0.263. The van der Waals surface area contributed by atoms with Crippen molar-refractivity contribution in [1.82, 2.24) is 0 Å². The van der Waals surface area contributed by atoms with Gasteiger partial charge in [-0.05, 0) is 43.9 Å².